The highest BCUT2D eigenvalue weighted by atomic mass is 35.5. The minimum atomic E-state index is 0. The van der Waals surface area contributed by atoms with Gasteiger partial charge in [0.1, 0.15) is 11.5 Å². The summed E-state index contributed by atoms with van der Waals surface area (Å²) in [4.78, 5) is 0. The van der Waals surface area contributed by atoms with Crippen LogP contribution in [0.5, 0.6) is 11.5 Å². The monoisotopic (exact) mass is 343 g/mol. The van der Waals surface area contributed by atoms with Crippen LogP contribution in [0, 0.1) is 0 Å². The molecule has 2 aromatic carbocycles. The number of hydrogen-bond acceptors (Lipinski definition) is 2. The summed E-state index contributed by atoms with van der Waals surface area (Å²) >= 11 is 12.2. The number of fused-ring (bicyclic) bond motifs is 2. The lowest BCUT2D eigenvalue weighted by Crippen LogP contribution is -2.31. The SMILES string of the molecule is CNC1Cc2cc(Cl)ccc2Oc2ccc(Cl)cc2C1.Cl. The van der Waals surface area contributed by atoms with E-state index < -0.39 is 0 Å². The summed E-state index contributed by atoms with van der Waals surface area (Å²) in [5.74, 6) is 1.72. The second-order valence-corrected chi connectivity index (χ2v) is 5.87. The topological polar surface area (TPSA) is 21.3 Å². The predicted octanol–water partition coefficient (Wildman–Crippen LogP) is 4.89. The molecule has 112 valence electrons. The van der Waals surface area contributed by atoms with E-state index >= 15 is 0 Å². The molecule has 0 fully saturated rings. The van der Waals surface area contributed by atoms with Crippen molar-refractivity contribution < 1.29 is 4.74 Å². The number of benzene rings is 2. The molecule has 5 heteroatoms. The summed E-state index contributed by atoms with van der Waals surface area (Å²) in [5, 5.41) is 4.82. The molecule has 0 aromatic heterocycles. The molecule has 1 heterocycles. The normalized spacial score (nSPS) is 14.0. The first-order chi connectivity index (χ1) is 9.65. The maximum atomic E-state index is 6.09. The molecule has 0 saturated heterocycles. The molecule has 0 amide bonds. The van der Waals surface area contributed by atoms with E-state index in [1.165, 1.54) is 0 Å². The number of nitrogens with one attached hydrogen (secondary N) is 1. The van der Waals surface area contributed by atoms with E-state index in [1.54, 1.807) is 0 Å². The summed E-state index contributed by atoms with van der Waals surface area (Å²) in [6.07, 6.45) is 1.75. The molecule has 0 saturated carbocycles. The van der Waals surface area contributed by atoms with Gasteiger partial charge in [-0.05, 0) is 67.4 Å². The highest BCUT2D eigenvalue weighted by Gasteiger charge is 2.19. The van der Waals surface area contributed by atoms with Crippen molar-refractivity contribution in [2.24, 2.45) is 0 Å². The molecule has 1 aliphatic heterocycles. The Balaban J connectivity index is 0.00000161. The van der Waals surface area contributed by atoms with E-state index in [0.717, 1.165) is 45.5 Å². The maximum absolute atomic E-state index is 6.09. The second-order valence-electron chi connectivity index (χ2n) is 5.00. The molecule has 21 heavy (non-hydrogen) atoms. The van der Waals surface area contributed by atoms with Gasteiger partial charge in [-0.2, -0.15) is 0 Å². The largest absolute Gasteiger partial charge is 0.457 e. The number of ether oxygens (including phenoxy) is 1. The van der Waals surface area contributed by atoms with Gasteiger partial charge in [0.25, 0.3) is 0 Å². The average molecular weight is 345 g/mol. The number of halogens is 3. The van der Waals surface area contributed by atoms with Gasteiger partial charge < -0.3 is 10.1 Å². The van der Waals surface area contributed by atoms with E-state index in [9.17, 15) is 0 Å². The van der Waals surface area contributed by atoms with Gasteiger partial charge in [0.15, 0.2) is 0 Å². The van der Waals surface area contributed by atoms with Gasteiger partial charge in [-0.3, -0.25) is 0 Å². The molecule has 0 unspecified atom stereocenters. The van der Waals surface area contributed by atoms with Crippen LogP contribution in [-0.2, 0) is 12.8 Å². The third kappa shape index (κ3) is 3.64. The standard InChI is InChI=1S/C16H15Cl2NO.ClH/c1-19-14-8-10-6-12(17)2-4-15(10)20-16-5-3-13(18)7-11(16)9-14;/h2-7,14,19H,8-9H2,1H3;1H. The predicted molar refractivity (Wildman–Crippen MR) is 90.5 cm³/mol. The molecule has 1 N–H and O–H groups in total. The molecule has 0 bridgehead atoms. The Morgan fingerprint density at radius 3 is 1.86 bits per heavy atom. The fourth-order valence-corrected chi connectivity index (χ4v) is 2.93. The van der Waals surface area contributed by atoms with Crippen molar-refractivity contribution in [3.05, 3.63) is 57.6 Å². The van der Waals surface area contributed by atoms with E-state index in [0.29, 0.717) is 6.04 Å². The Hall–Kier alpha value is -0.930. The third-order valence-corrected chi connectivity index (χ3v) is 4.08. The van der Waals surface area contributed by atoms with Gasteiger partial charge in [-0.25, -0.2) is 0 Å². The number of rotatable bonds is 1. The first kappa shape index (κ1) is 16.4. The van der Waals surface area contributed by atoms with Crippen molar-refractivity contribution in [2.75, 3.05) is 7.05 Å². The maximum Gasteiger partial charge on any atom is 0.130 e. The van der Waals surface area contributed by atoms with Gasteiger partial charge in [0, 0.05) is 16.1 Å². The van der Waals surface area contributed by atoms with Gasteiger partial charge in [0.05, 0.1) is 0 Å². The molecule has 2 aromatic rings. The lowest BCUT2D eigenvalue weighted by molar-refractivity contribution is 0.441. The molecule has 0 spiro atoms. The van der Waals surface area contributed by atoms with Crippen molar-refractivity contribution in [3.63, 3.8) is 0 Å². The number of likely N-dealkylation sites (N-methyl/N-ethyl adjacent to an activating group) is 1. The summed E-state index contributed by atoms with van der Waals surface area (Å²) in [6.45, 7) is 0. The van der Waals surface area contributed by atoms with Gasteiger partial charge in [-0.15, -0.1) is 12.4 Å². The molecule has 3 rings (SSSR count). The summed E-state index contributed by atoms with van der Waals surface area (Å²) in [5.41, 5.74) is 2.25. The second kappa shape index (κ2) is 6.89. The first-order valence-corrected chi connectivity index (χ1v) is 7.33. The van der Waals surface area contributed by atoms with Crippen LogP contribution in [-0.4, -0.2) is 13.1 Å². The van der Waals surface area contributed by atoms with Gasteiger partial charge in [-0.1, -0.05) is 23.2 Å². The fraction of sp³-hybridized carbons (Fsp3) is 0.250. The summed E-state index contributed by atoms with van der Waals surface area (Å²) in [6, 6.07) is 11.8. The average Bonchev–Trinajstić information content (AvgIpc) is 2.41. The van der Waals surface area contributed by atoms with E-state index in [4.69, 9.17) is 27.9 Å². The lowest BCUT2D eigenvalue weighted by Gasteiger charge is -2.24. The van der Waals surface area contributed by atoms with Crippen LogP contribution in [0.1, 0.15) is 11.1 Å². The molecule has 2 nitrogen and oxygen atoms in total. The molecule has 0 radical (unpaired) electrons. The summed E-state index contributed by atoms with van der Waals surface area (Å²) < 4.78 is 6.04. The molecule has 1 aliphatic rings. The van der Waals surface area contributed by atoms with Gasteiger partial charge >= 0.3 is 0 Å². The first-order valence-electron chi connectivity index (χ1n) is 6.57. The minimum Gasteiger partial charge on any atom is -0.457 e. The zero-order valence-electron chi connectivity index (χ0n) is 11.5. The van der Waals surface area contributed by atoms with Crippen molar-refractivity contribution in [3.8, 4) is 11.5 Å². The Morgan fingerprint density at radius 1 is 0.952 bits per heavy atom. The zero-order chi connectivity index (χ0) is 14.1. The molecular formula is C16H16Cl3NO. The highest BCUT2D eigenvalue weighted by molar-refractivity contribution is 6.31. The minimum absolute atomic E-state index is 0. The Bertz CT molecular complexity index is 592. The highest BCUT2D eigenvalue weighted by Crippen LogP contribution is 2.35. The Morgan fingerprint density at radius 2 is 1.43 bits per heavy atom. The van der Waals surface area contributed by atoms with E-state index in [2.05, 4.69) is 5.32 Å². The smallest absolute Gasteiger partial charge is 0.130 e. The molecule has 0 aliphatic carbocycles. The van der Waals surface area contributed by atoms with Gasteiger partial charge in [0.2, 0.25) is 0 Å². The van der Waals surface area contributed by atoms with Crippen LogP contribution in [0.15, 0.2) is 36.4 Å². The van der Waals surface area contributed by atoms with Crippen molar-refractivity contribution in [2.45, 2.75) is 18.9 Å². The lowest BCUT2D eigenvalue weighted by atomic mass is 9.96. The van der Waals surface area contributed by atoms with Crippen molar-refractivity contribution in [1.29, 1.82) is 0 Å². The quantitative estimate of drug-likeness (QED) is 0.795. The zero-order valence-corrected chi connectivity index (χ0v) is 13.9. The van der Waals surface area contributed by atoms with Crippen LogP contribution >= 0.6 is 35.6 Å². The van der Waals surface area contributed by atoms with Crippen LogP contribution < -0.4 is 10.1 Å². The van der Waals surface area contributed by atoms with Crippen LogP contribution in [0.4, 0.5) is 0 Å². The van der Waals surface area contributed by atoms with Crippen LogP contribution in [0.25, 0.3) is 0 Å². The summed E-state index contributed by atoms with van der Waals surface area (Å²) in [7, 11) is 1.97. The third-order valence-electron chi connectivity index (χ3n) is 3.61. The molecule has 0 atom stereocenters. The van der Waals surface area contributed by atoms with E-state index in [-0.39, 0.29) is 12.4 Å². The Kier molecular flexibility index (Phi) is 5.39. The fourth-order valence-electron chi connectivity index (χ4n) is 2.54. The van der Waals surface area contributed by atoms with Crippen molar-refractivity contribution >= 4 is 35.6 Å². The van der Waals surface area contributed by atoms with Crippen LogP contribution in [0.3, 0.4) is 0 Å². The van der Waals surface area contributed by atoms with Crippen molar-refractivity contribution in [1.82, 2.24) is 5.32 Å². The Labute approximate surface area is 140 Å². The van der Waals surface area contributed by atoms with Crippen LogP contribution in [0.2, 0.25) is 10.0 Å². The van der Waals surface area contributed by atoms with E-state index in [1.807, 2.05) is 43.4 Å². The number of hydrogen-bond donors (Lipinski definition) is 1. The molecular weight excluding hydrogens is 329 g/mol.